The van der Waals surface area contributed by atoms with Gasteiger partial charge in [0, 0.05) is 19.7 Å². The van der Waals surface area contributed by atoms with Crippen LogP contribution in [0.5, 0.6) is 0 Å². The molecule has 1 heterocycles. The minimum absolute atomic E-state index is 0.788. The van der Waals surface area contributed by atoms with E-state index >= 15 is 0 Å². The first-order valence-corrected chi connectivity index (χ1v) is 3.47. The lowest BCUT2D eigenvalue weighted by molar-refractivity contribution is 0.0809. The van der Waals surface area contributed by atoms with E-state index in [9.17, 15) is 0 Å². The van der Waals surface area contributed by atoms with E-state index in [1.807, 2.05) is 5.01 Å². The Balaban J connectivity index is 2.12. The van der Waals surface area contributed by atoms with Crippen LogP contribution in [0, 0.1) is 0 Å². The van der Waals surface area contributed by atoms with Gasteiger partial charge in [0.1, 0.15) is 0 Å². The molecule has 3 heteroatoms. The monoisotopic (exact) mass is 130 g/mol. The Hall–Kier alpha value is -0.120. The summed E-state index contributed by atoms with van der Waals surface area (Å²) in [6.45, 7) is 3.59. The minimum atomic E-state index is 0.788. The van der Waals surface area contributed by atoms with Gasteiger partial charge in [-0.05, 0) is 12.8 Å². The fourth-order valence-electron chi connectivity index (χ4n) is 0.915. The third kappa shape index (κ3) is 2.79. The van der Waals surface area contributed by atoms with Gasteiger partial charge in [-0.1, -0.05) is 0 Å². The van der Waals surface area contributed by atoms with Gasteiger partial charge in [-0.2, -0.15) is 0 Å². The van der Waals surface area contributed by atoms with Crippen molar-refractivity contribution < 1.29 is 4.74 Å². The lowest BCUT2D eigenvalue weighted by Gasteiger charge is -2.18. The molecule has 0 unspecified atom stereocenters. The standard InChI is InChI=1S/C6H14N2O/c7-8-3-1-2-5-9-6-4-8/h1-7H2. The van der Waals surface area contributed by atoms with E-state index in [0.717, 1.165) is 39.1 Å². The Morgan fingerprint density at radius 3 is 2.89 bits per heavy atom. The maximum absolute atomic E-state index is 5.56. The van der Waals surface area contributed by atoms with Crippen molar-refractivity contribution in [2.24, 2.45) is 5.84 Å². The van der Waals surface area contributed by atoms with Crippen LogP contribution in [0.1, 0.15) is 12.8 Å². The number of nitrogens with two attached hydrogens (primary N) is 1. The number of rotatable bonds is 0. The van der Waals surface area contributed by atoms with Gasteiger partial charge in [-0.3, -0.25) is 5.84 Å². The van der Waals surface area contributed by atoms with Crippen LogP contribution in [-0.2, 0) is 4.74 Å². The summed E-state index contributed by atoms with van der Waals surface area (Å²) >= 11 is 0. The van der Waals surface area contributed by atoms with Crippen molar-refractivity contribution in [1.82, 2.24) is 5.01 Å². The normalized spacial score (nSPS) is 25.0. The quantitative estimate of drug-likeness (QED) is 0.468. The van der Waals surface area contributed by atoms with Gasteiger partial charge in [0.2, 0.25) is 0 Å². The first kappa shape index (κ1) is 6.99. The van der Waals surface area contributed by atoms with E-state index in [-0.39, 0.29) is 0 Å². The first-order valence-electron chi connectivity index (χ1n) is 3.47. The third-order valence-corrected chi connectivity index (χ3v) is 1.51. The molecule has 9 heavy (non-hydrogen) atoms. The van der Waals surface area contributed by atoms with Crippen molar-refractivity contribution in [2.45, 2.75) is 12.8 Å². The molecule has 0 aromatic heterocycles. The molecule has 0 atom stereocenters. The van der Waals surface area contributed by atoms with E-state index in [0.29, 0.717) is 0 Å². The van der Waals surface area contributed by atoms with Gasteiger partial charge in [0.25, 0.3) is 0 Å². The zero-order valence-corrected chi connectivity index (χ0v) is 5.68. The molecule has 1 aliphatic rings. The van der Waals surface area contributed by atoms with E-state index in [1.165, 1.54) is 0 Å². The predicted octanol–water partition coefficient (Wildman–Crippen LogP) is -0.0275. The molecule has 2 N–H and O–H groups in total. The molecule has 1 fully saturated rings. The van der Waals surface area contributed by atoms with Crippen LogP contribution in [-0.4, -0.2) is 31.3 Å². The van der Waals surface area contributed by atoms with Crippen molar-refractivity contribution in [1.29, 1.82) is 0 Å². The number of nitrogens with zero attached hydrogens (tertiary/aromatic N) is 1. The molecule has 1 saturated heterocycles. The van der Waals surface area contributed by atoms with Gasteiger partial charge in [0.15, 0.2) is 0 Å². The molecule has 54 valence electrons. The Labute approximate surface area is 55.7 Å². The average molecular weight is 130 g/mol. The summed E-state index contributed by atoms with van der Waals surface area (Å²) in [5, 5.41) is 1.82. The SMILES string of the molecule is NN1CCCCOCC1. The largest absolute Gasteiger partial charge is 0.380 e. The Kier molecular flexibility index (Phi) is 2.97. The second-order valence-electron chi connectivity index (χ2n) is 2.36. The maximum atomic E-state index is 5.56. The minimum Gasteiger partial charge on any atom is -0.380 e. The highest BCUT2D eigenvalue weighted by Gasteiger charge is 2.01. The zero-order valence-electron chi connectivity index (χ0n) is 5.68. The Morgan fingerprint density at radius 2 is 2.00 bits per heavy atom. The second-order valence-corrected chi connectivity index (χ2v) is 2.36. The summed E-state index contributed by atoms with van der Waals surface area (Å²) < 4.78 is 5.22. The van der Waals surface area contributed by atoms with Crippen LogP contribution >= 0.6 is 0 Å². The molecule has 0 saturated carbocycles. The van der Waals surface area contributed by atoms with Gasteiger partial charge >= 0.3 is 0 Å². The molecule has 0 spiro atoms. The summed E-state index contributed by atoms with van der Waals surface area (Å²) in [5.41, 5.74) is 0. The fraction of sp³-hybridized carbons (Fsp3) is 1.00. The lowest BCUT2D eigenvalue weighted by atomic mass is 10.3. The van der Waals surface area contributed by atoms with Crippen molar-refractivity contribution in [3.63, 3.8) is 0 Å². The van der Waals surface area contributed by atoms with Crippen LogP contribution in [0.15, 0.2) is 0 Å². The smallest absolute Gasteiger partial charge is 0.0607 e. The van der Waals surface area contributed by atoms with Crippen molar-refractivity contribution >= 4 is 0 Å². The van der Waals surface area contributed by atoms with E-state index in [1.54, 1.807) is 0 Å². The average Bonchev–Trinajstić information content (AvgIpc) is 1.79. The zero-order chi connectivity index (χ0) is 6.53. The fourth-order valence-corrected chi connectivity index (χ4v) is 0.915. The Morgan fingerprint density at radius 1 is 1.11 bits per heavy atom. The van der Waals surface area contributed by atoms with Gasteiger partial charge in [-0.15, -0.1) is 0 Å². The third-order valence-electron chi connectivity index (χ3n) is 1.51. The number of ether oxygens (including phenoxy) is 1. The van der Waals surface area contributed by atoms with Gasteiger partial charge < -0.3 is 4.74 Å². The molecule has 1 rings (SSSR count). The molecule has 0 aromatic carbocycles. The highest BCUT2D eigenvalue weighted by molar-refractivity contribution is 4.52. The predicted molar refractivity (Wildman–Crippen MR) is 35.8 cm³/mol. The summed E-state index contributed by atoms with van der Waals surface area (Å²) in [7, 11) is 0. The maximum Gasteiger partial charge on any atom is 0.0607 e. The molecular weight excluding hydrogens is 116 g/mol. The van der Waals surface area contributed by atoms with Crippen molar-refractivity contribution in [3.8, 4) is 0 Å². The molecule has 0 aromatic rings. The van der Waals surface area contributed by atoms with Crippen LogP contribution in [0.3, 0.4) is 0 Å². The Bertz CT molecular complexity index is 69.5. The number of hydrogen-bond donors (Lipinski definition) is 1. The molecule has 0 aliphatic carbocycles. The van der Waals surface area contributed by atoms with Crippen molar-refractivity contribution in [2.75, 3.05) is 26.3 Å². The van der Waals surface area contributed by atoms with Crippen LogP contribution in [0.4, 0.5) is 0 Å². The summed E-state index contributed by atoms with van der Waals surface area (Å²) in [6.07, 6.45) is 2.31. The molecule has 0 amide bonds. The topological polar surface area (TPSA) is 38.5 Å². The summed E-state index contributed by atoms with van der Waals surface area (Å²) in [6, 6.07) is 0. The second kappa shape index (κ2) is 3.82. The lowest BCUT2D eigenvalue weighted by Crippen LogP contribution is -2.36. The van der Waals surface area contributed by atoms with E-state index in [2.05, 4.69) is 0 Å². The molecule has 0 bridgehead atoms. The van der Waals surface area contributed by atoms with Crippen LogP contribution in [0.2, 0.25) is 0 Å². The van der Waals surface area contributed by atoms with Crippen LogP contribution in [0.25, 0.3) is 0 Å². The van der Waals surface area contributed by atoms with E-state index < -0.39 is 0 Å². The number of hydrogen-bond acceptors (Lipinski definition) is 3. The molecule has 1 aliphatic heterocycles. The van der Waals surface area contributed by atoms with Crippen molar-refractivity contribution in [3.05, 3.63) is 0 Å². The van der Waals surface area contributed by atoms with E-state index in [4.69, 9.17) is 10.6 Å². The van der Waals surface area contributed by atoms with Gasteiger partial charge in [0.05, 0.1) is 6.61 Å². The molecular formula is C6H14N2O. The highest BCUT2D eigenvalue weighted by Crippen LogP contribution is 1.95. The van der Waals surface area contributed by atoms with Gasteiger partial charge in [-0.25, -0.2) is 5.01 Å². The summed E-state index contributed by atoms with van der Waals surface area (Å²) in [4.78, 5) is 0. The molecule has 3 nitrogen and oxygen atoms in total. The highest BCUT2D eigenvalue weighted by atomic mass is 16.5. The molecule has 0 radical (unpaired) electrons. The first-order chi connectivity index (χ1) is 4.39. The summed E-state index contributed by atoms with van der Waals surface area (Å²) in [5.74, 6) is 5.56. The number of hydrazine groups is 1. The van der Waals surface area contributed by atoms with Crippen LogP contribution < -0.4 is 5.84 Å².